The Kier molecular flexibility index (Phi) is 6.44. The maximum Gasteiger partial charge on any atom is 0.416 e. The summed E-state index contributed by atoms with van der Waals surface area (Å²) in [6.45, 7) is 7.71. The van der Waals surface area contributed by atoms with Gasteiger partial charge in [-0.3, -0.25) is 0 Å². The standard InChI is InChI=1S/C38H30F6N2/c1-35(2)27-12-5-7-14-31(27)45(33-18-16-23(20-29(33)35)37(39,40)41)25-10-9-11-26(22-25)46-32-15-8-6-13-28(32)36(3,4)30-21-24(38(42,43)44)17-19-34(30)46/h5-22H,1-4H3. The summed E-state index contributed by atoms with van der Waals surface area (Å²) in [6.07, 6.45) is -9.00. The zero-order valence-electron chi connectivity index (χ0n) is 25.6. The van der Waals surface area contributed by atoms with E-state index in [1.807, 2.05) is 110 Å². The van der Waals surface area contributed by atoms with Gasteiger partial charge in [-0.25, -0.2) is 0 Å². The lowest BCUT2D eigenvalue weighted by molar-refractivity contribution is -0.138. The van der Waals surface area contributed by atoms with Gasteiger partial charge >= 0.3 is 12.4 Å². The lowest BCUT2D eigenvalue weighted by Crippen LogP contribution is -2.32. The molecule has 0 saturated carbocycles. The molecular formula is C38H30F6N2. The maximum atomic E-state index is 13.9. The Balaban J connectivity index is 1.44. The number of halogens is 6. The van der Waals surface area contributed by atoms with Crippen molar-refractivity contribution in [3.63, 3.8) is 0 Å². The van der Waals surface area contributed by atoms with Crippen molar-refractivity contribution in [1.82, 2.24) is 0 Å². The minimum Gasteiger partial charge on any atom is -0.310 e. The number of hydrogen-bond donors (Lipinski definition) is 0. The topological polar surface area (TPSA) is 6.48 Å². The van der Waals surface area contributed by atoms with Crippen LogP contribution in [0.5, 0.6) is 0 Å². The predicted molar refractivity (Wildman–Crippen MR) is 170 cm³/mol. The third-order valence-corrected chi connectivity index (χ3v) is 9.46. The van der Waals surface area contributed by atoms with Crippen molar-refractivity contribution in [2.24, 2.45) is 0 Å². The van der Waals surface area contributed by atoms with Gasteiger partial charge in [0.15, 0.2) is 0 Å². The van der Waals surface area contributed by atoms with Gasteiger partial charge in [0.1, 0.15) is 0 Å². The van der Waals surface area contributed by atoms with Crippen molar-refractivity contribution < 1.29 is 26.3 Å². The molecule has 46 heavy (non-hydrogen) atoms. The average Bonchev–Trinajstić information content (AvgIpc) is 3.00. The number of alkyl halides is 6. The van der Waals surface area contributed by atoms with Gasteiger partial charge in [0, 0.05) is 22.2 Å². The quantitative estimate of drug-likeness (QED) is 0.180. The Bertz CT molecular complexity index is 1860. The highest BCUT2D eigenvalue weighted by atomic mass is 19.4. The van der Waals surface area contributed by atoms with Crippen LogP contribution in [0.25, 0.3) is 0 Å². The highest BCUT2D eigenvalue weighted by Crippen LogP contribution is 2.56. The summed E-state index contributed by atoms with van der Waals surface area (Å²) in [4.78, 5) is 3.93. The molecule has 2 heterocycles. The average molecular weight is 629 g/mol. The van der Waals surface area contributed by atoms with Gasteiger partial charge in [-0.1, -0.05) is 70.2 Å². The summed E-state index contributed by atoms with van der Waals surface area (Å²) in [5.74, 6) is 0. The Labute approximate surface area is 263 Å². The summed E-state index contributed by atoms with van der Waals surface area (Å²) in [6, 6.07) is 30.7. The normalized spacial score (nSPS) is 16.3. The molecule has 0 spiro atoms. The third kappa shape index (κ3) is 4.49. The van der Waals surface area contributed by atoms with E-state index in [2.05, 4.69) is 0 Å². The van der Waals surface area contributed by atoms with Crippen LogP contribution >= 0.6 is 0 Å². The smallest absolute Gasteiger partial charge is 0.310 e. The second-order valence-corrected chi connectivity index (χ2v) is 12.9. The van der Waals surface area contributed by atoms with E-state index >= 15 is 0 Å². The van der Waals surface area contributed by atoms with Gasteiger partial charge in [-0.05, 0) is 89.0 Å². The Morgan fingerprint density at radius 2 is 0.783 bits per heavy atom. The van der Waals surface area contributed by atoms with Crippen molar-refractivity contribution >= 4 is 34.1 Å². The lowest BCUT2D eigenvalue weighted by atomic mass is 9.73. The first kappa shape index (κ1) is 30.0. The molecule has 2 nitrogen and oxygen atoms in total. The molecule has 8 heteroatoms. The number of anilines is 6. The van der Waals surface area contributed by atoms with Gasteiger partial charge in [0.2, 0.25) is 0 Å². The minimum atomic E-state index is -4.50. The number of fused-ring (bicyclic) bond motifs is 4. The third-order valence-electron chi connectivity index (χ3n) is 9.46. The van der Waals surface area contributed by atoms with Crippen LogP contribution < -0.4 is 9.80 Å². The fourth-order valence-electron chi connectivity index (χ4n) is 7.09. The van der Waals surface area contributed by atoms with E-state index in [0.29, 0.717) is 33.9 Å². The Morgan fingerprint density at radius 3 is 1.17 bits per heavy atom. The van der Waals surface area contributed by atoms with Gasteiger partial charge in [-0.2, -0.15) is 26.3 Å². The molecular weight excluding hydrogens is 598 g/mol. The molecule has 0 atom stereocenters. The Morgan fingerprint density at radius 1 is 0.413 bits per heavy atom. The lowest BCUT2D eigenvalue weighted by Gasteiger charge is -2.43. The predicted octanol–water partition coefficient (Wildman–Crippen LogP) is 11.9. The molecule has 0 radical (unpaired) electrons. The summed E-state index contributed by atoms with van der Waals surface area (Å²) < 4.78 is 83.3. The van der Waals surface area contributed by atoms with Crippen LogP contribution in [0, 0.1) is 0 Å². The SMILES string of the molecule is CC1(C)c2ccccc2N(c2cccc(N3c4ccccc4C(C)(C)c4cc(C(F)(F)F)ccc43)c2)c2ccc(C(F)(F)F)cc21. The number of para-hydroxylation sites is 2. The molecule has 234 valence electrons. The summed E-state index contributed by atoms with van der Waals surface area (Å²) in [5, 5.41) is 0. The van der Waals surface area contributed by atoms with Crippen molar-refractivity contribution in [1.29, 1.82) is 0 Å². The monoisotopic (exact) mass is 628 g/mol. The number of hydrogen-bond acceptors (Lipinski definition) is 2. The van der Waals surface area contributed by atoms with E-state index in [0.717, 1.165) is 34.6 Å². The molecule has 2 aliphatic heterocycles. The van der Waals surface area contributed by atoms with E-state index < -0.39 is 34.3 Å². The summed E-state index contributed by atoms with van der Waals surface area (Å²) >= 11 is 0. The molecule has 0 aliphatic carbocycles. The van der Waals surface area contributed by atoms with Gasteiger partial charge in [0.25, 0.3) is 0 Å². The molecule has 2 aliphatic rings. The van der Waals surface area contributed by atoms with Gasteiger partial charge < -0.3 is 9.80 Å². The molecule has 0 N–H and O–H groups in total. The Hall–Kier alpha value is -4.72. The van der Waals surface area contributed by atoms with E-state index in [-0.39, 0.29) is 0 Å². The largest absolute Gasteiger partial charge is 0.416 e. The molecule has 0 unspecified atom stereocenters. The van der Waals surface area contributed by atoms with Crippen LogP contribution in [0.15, 0.2) is 109 Å². The fourth-order valence-corrected chi connectivity index (χ4v) is 7.09. The first-order valence-electron chi connectivity index (χ1n) is 14.9. The van der Waals surface area contributed by atoms with E-state index in [4.69, 9.17) is 0 Å². The molecule has 0 bridgehead atoms. The molecule has 0 aromatic heterocycles. The molecule has 0 saturated heterocycles. The maximum absolute atomic E-state index is 13.9. The minimum absolute atomic E-state index is 0.543. The van der Waals surface area contributed by atoms with Crippen LogP contribution in [0.2, 0.25) is 0 Å². The van der Waals surface area contributed by atoms with Gasteiger partial charge in [0.05, 0.1) is 33.9 Å². The number of nitrogens with zero attached hydrogens (tertiary/aromatic N) is 2. The van der Waals surface area contributed by atoms with E-state index in [9.17, 15) is 26.3 Å². The van der Waals surface area contributed by atoms with Crippen LogP contribution in [-0.4, -0.2) is 0 Å². The molecule has 5 aromatic carbocycles. The fraction of sp³-hybridized carbons (Fsp3) is 0.211. The van der Waals surface area contributed by atoms with Crippen molar-refractivity contribution in [3.05, 3.63) is 143 Å². The summed E-state index contributed by atoms with van der Waals surface area (Å²) in [7, 11) is 0. The second kappa shape index (κ2) is 9.89. The van der Waals surface area contributed by atoms with Crippen LogP contribution in [-0.2, 0) is 23.2 Å². The second-order valence-electron chi connectivity index (χ2n) is 12.9. The molecule has 0 amide bonds. The number of rotatable bonds is 2. The van der Waals surface area contributed by atoms with Crippen molar-refractivity contribution in [2.45, 2.75) is 50.9 Å². The first-order chi connectivity index (χ1) is 21.6. The zero-order chi connectivity index (χ0) is 32.8. The van der Waals surface area contributed by atoms with Crippen molar-refractivity contribution in [2.75, 3.05) is 9.80 Å². The molecule has 0 fully saturated rings. The zero-order valence-corrected chi connectivity index (χ0v) is 25.6. The molecule has 5 aromatic rings. The molecule has 7 rings (SSSR count). The summed E-state index contributed by atoms with van der Waals surface area (Å²) in [5.41, 5.74) is 4.33. The highest BCUT2D eigenvalue weighted by molar-refractivity contribution is 5.90. The van der Waals surface area contributed by atoms with E-state index in [1.54, 1.807) is 0 Å². The van der Waals surface area contributed by atoms with Crippen LogP contribution in [0.1, 0.15) is 61.1 Å². The number of benzene rings is 5. The van der Waals surface area contributed by atoms with Crippen LogP contribution in [0.4, 0.5) is 60.5 Å². The van der Waals surface area contributed by atoms with E-state index in [1.165, 1.54) is 24.3 Å². The van der Waals surface area contributed by atoms with Gasteiger partial charge in [-0.15, -0.1) is 0 Å². The first-order valence-corrected chi connectivity index (χ1v) is 14.9. The van der Waals surface area contributed by atoms with Crippen LogP contribution in [0.3, 0.4) is 0 Å². The van der Waals surface area contributed by atoms with Crippen molar-refractivity contribution in [3.8, 4) is 0 Å². The highest BCUT2D eigenvalue weighted by Gasteiger charge is 2.42.